The van der Waals surface area contributed by atoms with Crippen molar-refractivity contribution in [1.82, 2.24) is 9.80 Å². The Bertz CT molecular complexity index is 547. The minimum Gasteiger partial charge on any atom is -0.340 e. The van der Waals surface area contributed by atoms with Crippen molar-refractivity contribution < 1.29 is 18.0 Å². The molecule has 0 saturated carbocycles. The van der Waals surface area contributed by atoms with Crippen molar-refractivity contribution in [2.24, 2.45) is 0 Å². The van der Waals surface area contributed by atoms with Crippen molar-refractivity contribution in [3.63, 3.8) is 0 Å². The summed E-state index contributed by atoms with van der Waals surface area (Å²) >= 11 is 0. The minimum absolute atomic E-state index is 0.0532. The highest BCUT2D eigenvalue weighted by molar-refractivity contribution is 5.79. The van der Waals surface area contributed by atoms with Gasteiger partial charge in [-0.1, -0.05) is 32.0 Å². The van der Waals surface area contributed by atoms with Crippen LogP contribution in [0.4, 0.5) is 13.2 Å². The van der Waals surface area contributed by atoms with Crippen LogP contribution < -0.4 is 0 Å². The van der Waals surface area contributed by atoms with Crippen molar-refractivity contribution >= 4 is 5.91 Å². The van der Waals surface area contributed by atoms with E-state index < -0.39 is 11.7 Å². The molecule has 1 aliphatic rings. The van der Waals surface area contributed by atoms with Gasteiger partial charge in [-0.25, -0.2) is 0 Å². The molecule has 1 heterocycles. The molecule has 0 bridgehead atoms. The van der Waals surface area contributed by atoms with Gasteiger partial charge in [0.05, 0.1) is 12.0 Å². The molecule has 0 radical (unpaired) electrons. The summed E-state index contributed by atoms with van der Waals surface area (Å²) in [7, 11) is 0. The lowest BCUT2D eigenvalue weighted by molar-refractivity contribution is -0.139. The van der Waals surface area contributed by atoms with Gasteiger partial charge in [-0.15, -0.1) is 0 Å². The Morgan fingerprint density at radius 1 is 1.08 bits per heavy atom. The van der Waals surface area contributed by atoms with E-state index >= 15 is 0 Å². The predicted molar refractivity (Wildman–Crippen MR) is 87.7 cm³/mol. The quantitative estimate of drug-likeness (QED) is 0.817. The van der Waals surface area contributed by atoms with Gasteiger partial charge in [0.1, 0.15) is 0 Å². The molecule has 1 saturated heterocycles. The fourth-order valence-electron chi connectivity index (χ4n) is 3.37. The average Bonchev–Trinajstić information content (AvgIpc) is 2.56. The molecule has 2 rings (SSSR count). The van der Waals surface area contributed by atoms with Crippen molar-refractivity contribution in [1.29, 1.82) is 0 Å². The van der Waals surface area contributed by atoms with Crippen LogP contribution in [-0.4, -0.2) is 47.9 Å². The summed E-state index contributed by atoms with van der Waals surface area (Å²) in [5, 5.41) is 0. The van der Waals surface area contributed by atoms with E-state index in [9.17, 15) is 18.0 Å². The zero-order chi connectivity index (χ0) is 17.7. The normalized spacial score (nSPS) is 16.7. The SMILES string of the molecule is CCC(CC)N1CCN(C(=O)Cc2ccccc2C(F)(F)F)CC1. The average molecular weight is 342 g/mol. The van der Waals surface area contributed by atoms with Crippen LogP contribution in [0.2, 0.25) is 0 Å². The van der Waals surface area contributed by atoms with Crippen molar-refractivity contribution in [3.8, 4) is 0 Å². The third-order valence-electron chi connectivity index (χ3n) is 4.79. The van der Waals surface area contributed by atoms with E-state index in [-0.39, 0.29) is 17.9 Å². The van der Waals surface area contributed by atoms with Crippen LogP contribution in [0.1, 0.15) is 37.8 Å². The topological polar surface area (TPSA) is 23.6 Å². The summed E-state index contributed by atoms with van der Waals surface area (Å²) in [5.41, 5.74) is -0.661. The van der Waals surface area contributed by atoms with E-state index in [0.29, 0.717) is 19.1 Å². The third-order valence-corrected chi connectivity index (χ3v) is 4.79. The van der Waals surface area contributed by atoms with E-state index in [0.717, 1.165) is 32.0 Å². The lowest BCUT2D eigenvalue weighted by atomic mass is 10.0. The number of carbonyl (C=O) groups is 1. The van der Waals surface area contributed by atoms with Gasteiger partial charge in [-0.3, -0.25) is 9.69 Å². The van der Waals surface area contributed by atoms with Crippen LogP contribution in [0.25, 0.3) is 0 Å². The summed E-state index contributed by atoms with van der Waals surface area (Å²) in [6.45, 7) is 7.06. The largest absolute Gasteiger partial charge is 0.416 e. The molecule has 6 heteroatoms. The monoisotopic (exact) mass is 342 g/mol. The van der Waals surface area contributed by atoms with Gasteiger partial charge in [0.2, 0.25) is 5.91 Å². The summed E-state index contributed by atoms with van der Waals surface area (Å²) in [5.74, 6) is -0.226. The van der Waals surface area contributed by atoms with Gasteiger partial charge in [-0.05, 0) is 24.5 Å². The molecular weight excluding hydrogens is 317 g/mol. The second kappa shape index (κ2) is 8.01. The first-order valence-corrected chi connectivity index (χ1v) is 8.53. The number of amides is 1. The molecule has 134 valence electrons. The molecule has 0 aromatic heterocycles. The van der Waals surface area contributed by atoms with E-state index in [4.69, 9.17) is 0 Å². The molecule has 1 aromatic carbocycles. The Labute approximate surface area is 141 Å². The van der Waals surface area contributed by atoms with Crippen molar-refractivity contribution in [2.75, 3.05) is 26.2 Å². The number of rotatable bonds is 5. The van der Waals surface area contributed by atoms with Crippen LogP contribution in [0.5, 0.6) is 0 Å². The zero-order valence-corrected chi connectivity index (χ0v) is 14.3. The maximum Gasteiger partial charge on any atom is 0.416 e. The van der Waals surface area contributed by atoms with E-state index in [1.807, 2.05) is 0 Å². The first kappa shape index (κ1) is 18.8. The van der Waals surface area contributed by atoms with E-state index in [1.54, 1.807) is 11.0 Å². The zero-order valence-electron chi connectivity index (χ0n) is 14.3. The molecule has 0 unspecified atom stereocenters. The smallest absolute Gasteiger partial charge is 0.340 e. The summed E-state index contributed by atoms with van der Waals surface area (Å²) in [6, 6.07) is 5.84. The van der Waals surface area contributed by atoms with Crippen LogP contribution in [-0.2, 0) is 17.4 Å². The lowest BCUT2D eigenvalue weighted by Crippen LogP contribution is -2.52. The number of halogens is 3. The molecule has 24 heavy (non-hydrogen) atoms. The summed E-state index contributed by atoms with van der Waals surface area (Å²) < 4.78 is 39.1. The van der Waals surface area contributed by atoms with Crippen LogP contribution in [0.3, 0.4) is 0 Å². The number of hydrogen-bond acceptors (Lipinski definition) is 2. The second-order valence-corrected chi connectivity index (χ2v) is 6.22. The highest BCUT2D eigenvalue weighted by Crippen LogP contribution is 2.32. The van der Waals surface area contributed by atoms with Gasteiger partial charge in [0.15, 0.2) is 0 Å². The highest BCUT2D eigenvalue weighted by atomic mass is 19.4. The van der Waals surface area contributed by atoms with Gasteiger partial charge in [0, 0.05) is 32.2 Å². The Morgan fingerprint density at radius 2 is 1.67 bits per heavy atom. The number of piperazine rings is 1. The van der Waals surface area contributed by atoms with Crippen LogP contribution in [0.15, 0.2) is 24.3 Å². The lowest BCUT2D eigenvalue weighted by Gasteiger charge is -2.39. The number of benzene rings is 1. The van der Waals surface area contributed by atoms with E-state index in [1.165, 1.54) is 12.1 Å². The molecule has 1 aliphatic heterocycles. The van der Waals surface area contributed by atoms with Gasteiger partial charge < -0.3 is 4.90 Å². The first-order chi connectivity index (χ1) is 11.4. The molecule has 0 aliphatic carbocycles. The predicted octanol–water partition coefficient (Wildman–Crippen LogP) is 3.58. The Kier molecular flexibility index (Phi) is 6.27. The summed E-state index contributed by atoms with van der Waals surface area (Å²) in [4.78, 5) is 16.5. The third kappa shape index (κ3) is 4.50. The van der Waals surface area contributed by atoms with Gasteiger partial charge >= 0.3 is 6.18 Å². The maximum atomic E-state index is 13.0. The molecule has 0 spiro atoms. The first-order valence-electron chi connectivity index (χ1n) is 8.53. The summed E-state index contributed by atoms with van der Waals surface area (Å²) in [6.07, 6.45) is -2.47. The maximum absolute atomic E-state index is 13.0. The van der Waals surface area contributed by atoms with Crippen molar-refractivity contribution in [2.45, 2.75) is 45.3 Å². The molecule has 3 nitrogen and oxygen atoms in total. The molecule has 0 N–H and O–H groups in total. The van der Waals surface area contributed by atoms with E-state index in [2.05, 4.69) is 18.7 Å². The Balaban J connectivity index is 1.98. The van der Waals surface area contributed by atoms with Crippen LogP contribution >= 0.6 is 0 Å². The van der Waals surface area contributed by atoms with Crippen molar-refractivity contribution in [3.05, 3.63) is 35.4 Å². The Hall–Kier alpha value is -1.56. The number of alkyl halides is 3. The number of nitrogens with zero attached hydrogens (tertiary/aromatic N) is 2. The fraction of sp³-hybridized carbons (Fsp3) is 0.611. The van der Waals surface area contributed by atoms with Gasteiger partial charge in [0.25, 0.3) is 0 Å². The fourth-order valence-corrected chi connectivity index (χ4v) is 3.37. The minimum atomic E-state index is -4.43. The second-order valence-electron chi connectivity index (χ2n) is 6.22. The molecular formula is C18H25F3N2O. The van der Waals surface area contributed by atoms with Gasteiger partial charge in [-0.2, -0.15) is 13.2 Å². The number of carbonyl (C=O) groups excluding carboxylic acids is 1. The highest BCUT2D eigenvalue weighted by Gasteiger charge is 2.34. The standard InChI is InChI=1S/C18H25F3N2O/c1-3-15(4-2)22-9-11-23(12-10-22)17(24)13-14-7-5-6-8-16(14)18(19,20)21/h5-8,15H,3-4,9-13H2,1-2H3. The molecule has 1 aromatic rings. The molecule has 0 atom stereocenters. The number of hydrogen-bond donors (Lipinski definition) is 0. The molecule has 1 fully saturated rings. The van der Waals surface area contributed by atoms with Crippen LogP contribution in [0, 0.1) is 0 Å². The Morgan fingerprint density at radius 3 is 2.21 bits per heavy atom. The molecule has 1 amide bonds.